The van der Waals surface area contributed by atoms with Crippen molar-refractivity contribution >= 4 is 34.4 Å². The van der Waals surface area contributed by atoms with Crippen LogP contribution in [0.1, 0.15) is 42.4 Å². The number of nitrogens with one attached hydrogen (secondary N) is 1. The van der Waals surface area contributed by atoms with Crippen LogP contribution in [0.2, 0.25) is 0 Å². The third-order valence-corrected chi connectivity index (χ3v) is 7.46. The molecule has 1 N–H and O–H groups in total. The molecule has 2 aliphatic heterocycles. The van der Waals surface area contributed by atoms with Crippen LogP contribution in [0, 0.1) is 12.7 Å². The first-order chi connectivity index (χ1) is 18.2. The first-order valence-corrected chi connectivity index (χ1v) is 12.9. The Morgan fingerprint density at radius 2 is 1.76 bits per heavy atom. The Kier molecular flexibility index (Phi) is 7.38. The topological polar surface area (TPSA) is 48.5 Å². The molecule has 3 heterocycles. The molecule has 0 spiro atoms. The van der Waals surface area contributed by atoms with Crippen molar-refractivity contribution in [1.29, 1.82) is 0 Å². The lowest BCUT2D eigenvalue weighted by Gasteiger charge is -2.37. The number of hydrogen-bond donors (Lipinski definition) is 1. The van der Waals surface area contributed by atoms with Crippen molar-refractivity contribution in [2.45, 2.75) is 44.8 Å². The van der Waals surface area contributed by atoms with Gasteiger partial charge in [0.2, 0.25) is 5.91 Å². The number of fused-ring (bicyclic) bond motifs is 1. The number of carbonyl (C=O) groups is 1. The largest absolute Gasteiger partial charge is 0.416 e. The summed E-state index contributed by atoms with van der Waals surface area (Å²) in [6, 6.07) is 10.4. The molecule has 2 fully saturated rings. The van der Waals surface area contributed by atoms with Crippen molar-refractivity contribution in [3.63, 3.8) is 0 Å². The number of anilines is 2. The van der Waals surface area contributed by atoms with E-state index in [1.165, 1.54) is 25.9 Å². The van der Waals surface area contributed by atoms with Gasteiger partial charge < -0.3 is 15.1 Å². The standard InChI is InChI=1S/C29H30F4N4O/c1-19-16-27(37-14-10-23(11-15-37)36-12-2-3-13-36)35-26-8-7-22(18-24(19)26)34-28(38)9-5-20-4-6-21(17-25(20)30)29(31,32)33/h4-9,16-18,23H,2-3,10-15H2,1H3,(H,34,38)/b9-5+. The third-order valence-electron chi connectivity index (χ3n) is 7.46. The molecule has 2 aliphatic rings. The number of nitrogens with zero attached hydrogens (tertiary/aromatic N) is 3. The van der Waals surface area contributed by atoms with Gasteiger partial charge in [0.25, 0.3) is 0 Å². The molecule has 0 bridgehead atoms. The molecular weight excluding hydrogens is 496 g/mol. The summed E-state index contributed by atoms with van der Waals surface area (Å²) in [7, 11) is 0. The number of piperidine rings is 1. The van der Waals surface area contributed by atoms with E-state index in [0.29, 0.717) is 17.8 Å². The fourth-order valence-electron chi connectivity index (χ4n) is 5.37. The van der Waals surface area contributed by atoms with Crippen LogP contribution in [-0.2, 0) is 11.0 Å². The molecule has 3 aromatic rings. The minimum Gasteiger partial charge on any atom is -0.356 e. The van der Waals surface area contributed by atoms with E-state index in [1.54, 1.807) is 6.07 Å². The molecule has 1 aromatic heterocycles. The lowest BCUT2D eigenvalue weighted by atomic mass is 10.0. The van der Waals surface area contributed by atoms with Crippen LogP contribution >= 0.6 is 0 Å². The highest BCUT2D eigenvalue weighted by Crippen LogP contribution is 2.31. The van der Waals surface area contributed by atoms with E-state index in [1.807, 2.05) is 19.1 Å². The van der Waals surface area contributed by atoms with Crippen molar-refractivity contribution in [3.05, 3.63) is 71.0 Å². The Labute approximate surface area is 219 Å². The fraction of sp³-hybridized carbons (Fsp3) is 0.379. The average Bonchev–Trinajstić information content (AvgIpc) is 3.43. The van der Waals surface area contributed by atoms with Gasteiger partial charge in [0.05, 0.1) is 11.1 Å². The molecule has 9 heteroatoms. The van der Waals surface area contributed by atoms with Crippen LogP contribution in [0.5, 0.6) is 0 Å². The minimum atomic E-state index is -4.63. The first kappa shape index (κ1) is 26.2. The predicted octanol–water partition coefficient (Wildman–Crippen LogP) is 6.42. The van der Waals surface area contributed by atoms with E-state index in [9.17, 15) is 22.4 Å². The van der Waals surface area contributed by atoms with E-state index in [2.05, 4.69) is 21.2 Å². The van der Waals surface area contributed by atoms with Crippen molar-refractivity contribution < 1.29 is 22.4 Å². The first-order valence-electron chi connectivity index (χ1n) is 12.9. The highest BCUT2D eigenvalue weighted by atomic mass is 19.4. The van der Waals surface area contributed by atoms with Crippen molar-refractivity contribution in [2.75, 3.05) is 36.4 Å². The van der Waals surface area contributed by atoms with Gasteiger partial charge in [0, 0.05) is 41.8 Å². The zero-order valence-electron chi connectivity index (χ0n) is 21.2. The Bertz CT molecular complexity index is 1360. The van der Waals surface area contributed by atoms with Crippen LogP contribution in [-0.4, -0.2) is 48.0 Å². The van der Waals surface area contributed by atoms with E-state index in [-0.39, 0.29) is 5.56 Å². The summed E-state index contributed by atoms with van der Waals surface area (Å²) in [4.78, 5) is 22.3. The molecule has 0 saturated carbocycles. The number of pyridine rings is 1. The molecule has 1 amide bonds. The number of carbonyl (C=O) groups excluding carboxylic acids is 1. The summed E-state index contributed by atoms with van der Waals surface area (Å²) in [5.41, 5.74) is 1.24. The van der Waals surface area contributed by atoms with Crippen molar-refractivity contribution in [2.24, 2.45) is 0 Å². The van der Waals surface area contributed by atoms with Crippen LogP contribution in [0.25, 0.3) is 17.0 Å². The molecule has 0 unspecified atom stereocenters. The Balaban J connectivity index is 1.24. The summed E-state index contributed by atoms with van der Waals surface area (Å²) < 4.78 is 52.2. The second-order valence-electron chi connectivity index (χ2n) is 10.0. The van der Waals surface area contributed by atoms with Crippen molar-refractivity contribution in [1.82, 2.24) is 9.88 Å². The van der Waals surface area contributed by atoms with E-state index >= 15 is 0 Å². The smallest absolute Gasteiger partial charge is 0.356 e. The third kappa shape index (κ3) is 5.83. The molecule has 5 nitrogen and oxygen atoms in total. The van der Waals surface area contributed by atoms with Gasteiger partial charge in [0.15, 0.2) is 0 Å². The zero-order chi connectivity index (χ0) is 26.9. The Morgan fingerprint density at radius 1 is 1.03 bits per heavy atom. The summed E-state index contributed by atoms with van der Waals surface area (Å²) in [5, 5.41) is 3.64. The van der Waals surface area contributed by atoms with E-state index in [0.717, 1.165) is 72.5 Å². The highest BCUT2D eigenvalue weighted by molar-refractivity contribution is 6.03. The average molecular weight is 527 g/mol. The van der Waals surface area contributed by atoms with Crippen LogP contribution < -0.4 is 10.2 Å². The summed E-state index contributed by atoms with van der Waals surface area (Å²) in [6.07, 6.45) is 2.52. The van der Waals surface area contributed by atoms with Crippen molar-refractivity contribution in [3.8, 4) is 0 Å². The normalized spacial score (nSPS) is 17.6. The van der Waals surface area contributed by atoms with Gasteiger partial charge in [-0.3, -0.25) is 4.79 Å². The van der Waals surface area contributed by atoms with Crippen LogP contribution in [0.4, 0.5) is 29.1 Å². The van der Waals surface area contributed by atoms with Gasteiger partial charge in [-0.15, -0.1) is 0 Å². The second kappa shape index (κ2) is 10.7. The van der Waals surface area contributed by atoms with E-state index < -0.39 is 23.5 Å². The zero-order valence-corrected chi connectivity index (χ0v) is 21.2. The molecular formula is C29H30F4N4O. The molecule has 5 rings (SSSR count). The number of aromatic nitrogens is 1. The highest BCUT2D eigenvalue weighted by Gasteiger charge is 2.31. The molecule has 200 valence electrons. The fourth-order valence-corrected chi connectivity index (χ4v) is 5.37. The monoisotopic (exact) mass is 526 g/mol. The summed E-state index contributed by atoms with van der Waals surface area (Å²) in [6.45, 7) is 6.43. The number of rotatable bonds is 5. The summed E-state index contributed by atoms with van der Waals surface area (Å²) >= 11 is 0. The van der Waals surface area contributed by atoms with Gasteiger partial charge in [-0.05, 0) is 93.7 Å². The van der Waals surface area contributed by atoms with E-state index in [4.69, 9.17) is 4.98 Å². The van der Waals surface area contributed by atoms with Crippen LogP contribution in [0.3, 0.4) is 0 Å². The molecule has 38 heavy (non-hydrogen) atoms. The lowest BCUT2D eigenvalue weighted by molar-refractivity contribution is -0.137. The Morgan fingerprint density at radius 3 is 2.45 bits per heavy atom. The second-order valence-corrected chi connectivity index (χ2v) is 10.0. The molecule has 0 aliphatic carbocycles. The minimum absolute atomic E-state index is 0.108. The molecule has 0 radical (unpaired) electrons. The number of halogens is 4. The molecule has 2 aromatic carbocycles. The molecule has 2 saturated heterocycles. The quantitative estimate of drug-likeness (QED) is 0.308. The SMILES string of the molecule is Cc1cc(N2CCC(N3CCCC3)CC2)nc2ccc(NC(=O)/C=C/c3ccc(C(F)(F)F)cc3F)cc12. The van der Waals surface area contributed by atoms with Gasteiger partial charge in [-0.25, -0.2) is 9.37 Å². The van der Waals surface area contributed by atoms with Gasteiger partial charge in [-0.2, -0.15) is 13.2 Å². The number of likely N-dealkylation sites (tertiary alicyclic amines) is 1. The van der Waals surface area contributed by atoms with Crippen LogP contribution in [0.15, 0.2) is 48.5 Å². The van der Waals surface area contributed by atoms with Gasteiger partial charge in [0.1, 0.15) is 11.6 Å². The number of amides is 1. The number of aryl methyl sites for hydroxylation is 1. The predicted molar refractivity (Wildman–Crippen MR) is 142 cm³/mol. The lowest BCUT2D eigenvalue weighted by Crippen LogP contribution is -2.44. The maximum absolute atomic E-state index is 14.0. The summed E-state index contributed by atoms with van der Waals surface area (Å²) in [5.74, 6) is -0.604. The van der Waals surface area contributed by atoms with Gasteiger partial charge >= 0.3 is 6.18 Å². The molecule has 0 atom stereocenters. The maximum Gasteiger partial charge on any atom is 0.416 e. The maximum atomic E-state index is 14.0. The number of benzene rings is 2. The van der Waals surface area contributed by atoms with Gasteiger partial charge in [-0.1, -0.05) is 6.07 Å². The number of hydrogen-bond acceptors (Lipinski definition) is 4. The number of alkyl halides is 3. The Hall–Kier alpha value is -3.46.